The molecule has 0 radical (unpaired) electrons. The molecule has 3 heteroatoms. The molecule has 1 aliphatic heterocycles. The number of nitrogens with one attached hydrogen (secondary N) is 1. The number of hydrogen-bond acceptors (Lipinski definition) is 3. The molecule has 1 heterocycles. The minimum absolute atomic E-state index is 0.181. The number of nitrogens with zero attached hydrogens (tertiary/aromatic N) is 1. The van der Waals surface area contributed by atoms with Crippen molar-refractivity contribution >= 4 is 5.69 Å². The molecule has 17 heavy (non-hydrogen) atoms. The van der Waals surface area contributed by atoms with Crippen LogP contribution in [0.4, 0.5) is 5.69 Å². The smallest absolute Gasteiger partial charge is 0.122 e. The predicted molar refractivity (Wildman–Crippen MR) is 71.6 cm³/mol. The van der Waals surface area contributed by atoms with Crippen molar-refractivity contribution in [2.24, 2.45) is 0 Å². The molecule has 0 amide bonds. The van der Waals surface area contributed by atoms with Gasteiger partial charge in [-0.1, -0.05) is 6.07 Å². The normalized spacial score (nSPS) is 21.8. The van der Waals surface area contributed by atoms with E-state index in [1.165, 1.54) is 12.8 Å². The molecular weight excluding hydrogens is 212 g/mol. The largest absolute Gasteiger partial charge is 0.508 e. The standard InChI is InChI=1S/C14H22N2O/c1-10-5-4-8-16(10)12-6-7-13(11(2)15-3)14(17)9-12/h6-7,9-11,15,17H,4-5,8H2,1-3H3. The highest BCUT2D eigenvalue weighted by atomic mass is 16.3. The Hall–Kier alpha value is -1.22. The lowest BCUT2D eigenvalue weighted by atomic mass is 10.1. The van der Waals surface area contributed by atoms with E-state index in [1.807, 2.05) is 26.1 Å². The topological polar surface area (TPSA) is 35.5 Å². The summed E-state index contributed by atoms with van der Waals surface area (Å²) in [5, 5.41) is 13.2. The van der Waals surface area contributed by atoms with Gasteiger partial charge in [0.15, 0.2) is 0 Å². The average Bonchev–Trinajstić information content (AvgIpc) is 2.74. The maximum Gasteiger partial charge on any atom is 0.122 e. The molecule has 2 atom stereocenters. The van der Waals surface area contributed by atoms with Gasteiger partial charge in [0.25, 0.3) is 0 Å². The summed E-state index contributed by atoms with van der Waals surface area (Å²) in [5.41, 5.74) is 2.10. The number of hydrogen-bond donors (Lipinski definition) is 2. The second-order valence-electron chi connectivity index (χ2n) is 4.94. The van der Waals surface area contributed by atoms with Gasteiger partial charge in [-0.15, -0.1) is 0 Å². The first-order chi connectivity index (χ1) is 8.13. The zero-order chi connectivity index (χ0) is 12.4. The van der Waals surface area contributed by atoms with Crippen LogP contribution in [0.2, 0.25) is 0 Å². The molecule has 1 fully saturated rings. The highest BCUT2D eigenvalue weighted by Crippen LogP contribution is 2.32. The summed E-state index contributed by atoms with van der Waals surface area (Å²) in [7, 11) is 1.90. The lowest BCUT2D eigenvalue weighted by molar-refractivity contribution is 0.457. The maximum atomic E-state index is 10.1. The molecule has 3 nitrogen and oxygen atoms in total. The van der Waals surface area contributed by atoms with E-state index in [0.717, 1.165) is 17.8 Å². The summed E-state index contributed by atoms with van der Waals surface area (Å²) in [6, 6.07) is 6.80. The van der Waals surface area contributed by atoms with Crippen LogP contribution in [0, 0.1) is 0 Å². The summed E-state index contributed by atoms with van der Waals surface area (Å²) in [5.74, 6) is 0.392. The molecule has 2 N–H and O–H groups in total. The van der Waals surface area contributed by atoms with Crippen molar-refractivity contribution in [1.82, 2.24) is 5.32 Å². The molecule has 1 aromatic rings. The fraction of sp³-hybridized carbons (Fsp3) is 0.571. The molecule has 0 saturated carbocycles. The van der Waals surface area contributed by atoms with Crippen LogP contribution >= 0.6 is 0 Å². The molecule has 0 spiro atoms. The van der Waals surface area contributed by atoms with E-state index < -0.39 is 0 Å². The van der Waals surface area contributed by atoms with Gasteiger partial charge in [-0.25, -0.2) is 0 Å². The number of phenolic OH excluding ortho intramolecular Hbond substituents is 1. The molecule has 0 aromatic heterocycles. The lowest BCUT2D eigenvalue weighted by Crippen LogP contribution is -2.26. The van der Waals surface area contributed by atoms with Crippen LogP contribution in [-0.2, 0) is 0 Å². The van der Waals surface area contributed by atoms with Crippen LogP contribution < -0.4 is 10.2 Å². The van der Waals surface area contributed by atoms with Gasteiger partial charge in [0.1, 0.15) is 5.75 Å². The second kappa shape index (κ2) is 4.96. The first kappa shape index (κ1) is 12.2. The number of rotatable bonds is 3. The van der Waals surface area contributed by atoms with Crippen molar-refractivity contribution in [2.75, 3.05) is 18.5 Å². The zero-order valence-corrected chi connectivity index (χ0v) is 10.9. The van der Waals surface area contributed by atoms with Gasteiger partial charge in [-0.2, -0.15) is 0 Å². The molecule has 1 aromatic carbocycles. The molecule has 2 rings (SSSR count). The van der Waals surface area contributed by atoms with Crippen LogP contribution in [-0.4, -0.2) is 24.7 Å². The Bertz CT molecular complexity index is 392. The van der Waals surface area contributed by atoms with E-state index in [1.54, 1.807) is 0 Å². The highest BCUT2D eigenvalue weighted by molar-refractivity contribution is 5.55. The third kappa shape index (κ3) is 2.39. The van der Waals surface area contributed by atoms with Gasteiger partial charge >= 0.3 is 0 Å². The minimum atomic E-state index is 0.181. The Balaban J connectivity index is 2.24. The fourth-order valence-corrected chi connectivity index (χ4v) is 2.55. The maximum absolute atomic E-state index is 10.1. The summed E-state index contributed by atoms with van der Waals surface area (Å²) in [6.07, 6.45) is 2.49. The van der Waals surface area contributed by atoms with Crippen molar-refractivity contribution in [3.8, 4) is 5.75 Å². The molecule has 0 aliphatic carbocycles. The van der Waals surface area contributed by atoms with Crippen molar-refractivity contribution in [1.29, 1.82) is 0 Å². The summed E-state index contributed by atoms with van der Waals surface area (Å²) < 4.78 is 0. The monoisotopic (exact) mass is 234 g/mol. The van der Waals surface area contributed by atoms with Crippen LogP contribution in [0.15, 0.2) is 18.2 Å². The first-order valence-corrected chi connectivity index (χ1v) is 6.40. The van der Waals surface area contributed by atoms with E-state index in [0.29, 0.717) is 11.8 Å². The molecule has 2 unspecified atom stereocenters. The minimum Gasteiger partial charge on any atom is -0.508 e. The second-order valence-corrected chi connectivity index (χ2v) is 4.94. The highest BCUT2D eigenvalue weighted by Gasteiger charge is 2.21. The Morgan fingerprint density at radius 1 is 1.47 bits per heavy atom. The summed E-state index contributed by atoms with van der Waals surface area (Å²) in [6.45, 7) is 5.39. The Morgan fingerprint density at radius 3 is 2.76 bits per heavy atom. The molecule has 0 bridgehead atoms. The van der Waals surface area contributed by atoms with Crippen molar-refractivity contribution in [3.05, 3.63) is 23.8 Å². The van der Waals surface area contributed by atoms with E-state index in [2.05, 4.69) is 23.2 Å². The van der Waals surface area contributed by atoms with Gasteiger partial charge in [-0.3, -0.25) is 0 Å². The van der Waals surface area contributed by atoms with Crippen LogP contribution in [0.25, 0.3) is 0 Å². The van der Waals surface area contributed by atoms with Crippen molar-refractivity contribution in [3.63, 3.8) is 0 Å². The van der Waals surface area contributed by atoms with Gasteiger partial charge < -0.3 is 15.3 Å². The van der Waals surface area contributed by atoms with Gasteiger partial charge in [0.2, 0.25) is 0 Å². The molecular formula is C14H22N2O. The van der Waals surface area contributed by atoms with E-state index in [9.17, 15) is 5.11 Å². The van der Waals surface area contributed by atoms with Crippen LogP contribution in [0.3, 0.4) is 0 Å². The number of aromatic hydroxyl groups is 1. The van der Waals surface area contributed by atoms with E-state index in [4.69, 9.17) is 0 Å². The summed E-state index contributed by atoms with van der Waals surface area (Å²) in [4.78, 5) is 2.37. The molecule has 1 saturated heterocycles. The molecule has 1 aliphatic rings. The van der Waals surface area contributed by atoms with Crippen molar-refractivity contribution in [2.45, 2.75) is 38.8 Å². The summed E-state index contributed by atoms with van der Waals surface area (Å²) >= 11 is 0. The van der Waals surface area contributed by atoms with Crippen LogP contribution in [0.1, 0.15) is 38.3 Å². The molecule has 94 valence electrons. The Labute approximate surface area is 103 Å². The van der Waals surface area contributed by atoms with Crippen molar-refractivity contribution < 1.29 is 5.11 Å². The van der Waals surface area contributed by atoms with Gasteiger partial charge in [0.05, 0.1) is 0 Å². The first-order valence-electron chi connectivity index (χ1n) is 6.40. The number of benzene rings is 1. The third-order valence-electron chi connectivity index (χ3n) is 3.80. The lowest BCUT2D eigenvalue weighted by Gasteiger charge is -2.25. The van der Waals surface area contributed by atoms with Gasteiger partial charge in [0, 0.05) is 35.9 Å². The fourth-order valence-electron chi connectivity index (χ4n) is 2.55. The Kier molecular flexibility index (Phi) is 3.57. The quantitative estimate of drug-likeness (QED) is 0.844. The zero-order valence-electron chi connectivity index (χ0n) is 10.9. The Morgan fingerprint density at radius 2 is 2.24 bits per heavy atom. The number of anilines is 1. The number of phenols is 1. The SMILES string of the molecule is CNC(C)c1ccc(N2CCCC2C)cc1O. The van der Waals surface area contributed by atoms with Crippen LogP contribution in [0.5, 0.6) is 5.75 Å². The predicted octanol–water partition coefficient (Wildman–Crippen LogP) is 2.66. The van der Waals surface area contributed by atoms with E-state index >= 15 is 0 Å². The van der Waals surface area contributed by atoms with E-state index in [-0.39, 0.29) is 6.04 Å². The van der Waals surface area contributed by atoms with Gasteiger partial charge in [-0.05, 0) is 39.8 Å². The average molecular weight is 234 g/mol. The third-order valence-corrected chi connectivity index (χ3v) is 3.80.